The fourth-order valence-corrected chi connectivity index (χ4v) is 2.60. The van der Waals surface area contributed by atoms with Crippen LogP contribution in [-0.2, 0) is 9.59 Å². The molecule has 5 nitrogen and oxygen atoms in total. The SMILES string of the molecule is CC(C)C(C)NC(=O)CN1C(=O)C(=O)c2c(Br)cccc21. The van der Waals surface area contributed by atoms with Crippen LogP contribution in [0, 0.1) is 5.92 Å². The summed E-state index contributed by atoms with van der Waals surface area (Å²) in [4.78, 5) is 37.3. The number of hydrogen-bond acceptors (Lipinski definition) is 3. The molecule has 112 valence electrons. The highest BCUT2D eigenvalue weighted by molar-refractivity contribution is 9.10. The molecule has 1 aliphatic heterocycles. The predicted molar refractivity (Wildman–Crippen MR) is 83.3 cm³/mol. The number of rotatable bonds is 4. The molecule has 1 atom stereocenters. The quantitative estimate of drug-likeness (QED) is 0.844. The van der Waals surface area contributed by atoms with Crippen molar-refractivity contribution < 1.29 is 14.4 Å². The Bertz CT molecular complexity index is 613. The van der Waals surface area contributed by atoms with Gasteiger partial charge in [0.2, 0.25) is 5.91 Å². The average Bonchev–Trinajstić information content (AvgIpc) is 2.65. The minimum atomic E-state index is -0.663. The number of carbonyl (C=O) groups excluding carboxylic acids is 3. The van der Waals surface area contributed by atoms with Crippen molar-refractivity contribution in [2.75, 3.05) is 11.4 Å². The van der Waals surface area contributed by atoms with Crippen molar-refractivity contribution in [3.05, 3.63) is 28.2 Å². The second-order valence-electron chi connectivity index (χ2n) is 5.45. The van der Waals surface area contributed by atoms with Crippen molar-refractivity contribution in [1.82, 2.24) is 5.32 Å². The number of Topliss-reactive ketones (excluding diaryl/α,β-unsaturated/α-hetero) is 1. The summed E-state index contributed by atoms with van der Waals surface area (Å²) in [6.07, 6.45) is 0. The third-order valence-electron chi connectivity index (χ3n) is 3.64. The Morgan fingerprint density at radius 1 is 1.29 bits per heavy atom. The van der Waals surface area contributed by atoms with Crippen molar-refractivity contribution in [3.63, 3.8) is 0 Å². The Balaban J connectivity index is 2.19. The van der Waals surface area contributed by atoms with Gasteiger partial charge in [-0.1, -0.05) is 19.9 Å². The van der Waals surface area contributed by atoms with Crippen LogP contribution in [0.1, 0.15) is 31.1 Å². The molecule has 0 fully saturated rings. The summed E-state index contributed by atoms with van der Waals surface area (Å²) in [7, 11) is 0. The lowest BCUT2D eigenvalue weighted by molar-refractivity contribution is -0.122. The lowest BCUT2D eigenvalue weighted by Crippen LogP contribution is -2.44. The van der Waals surface area contributed by atoms with E-state index in [0.717, 1.165) is 0 Å². The fourth-order valence-electron chi connectivity index (χ4n) is 2.07. The molecule has 0 aromatic heterocycles. The van der Waals surface area contributed by atoms with Crippen molar-refractivity contribution in [2.45, 2.75) is 26.8 Å². The van der Waals surface area contributed by atoms with Crippen molar-refractivity contribution >= 4 is 39.2 Å². The fraction of sp³-hybridized carbons (Fsp3) is 0.400. The van der Waals surface area contributed by atoms with E-state index < -0.39 is 11.7 Å². The zero-order chi connectivity index (χ0) is 15.7. The standard InChI is InChI=1S/C15H17BrN2O3/c1-8(2)9(3)17-12(19)7-18-11-6-4-5-10(16)13(11)14(20)15(18)21/h4-6,8-9H,7H2,1-3H3,(H,17,19). The first-order valence-corrected chi connectivity index (χ1v) is 7.56. The molecule has 2 rings (SSSR count). The summed E-state index contributed by atoms with van der Waals surface area (Å²) >= 11 is 3.27. The minimum Gasteiger partial charge on any atom is -0.352 e. The van der Waals surface area contributed by atoms with Gasteiger partial charge in [0.1, 0.15) is 6.54 Å². The molecule has 1 aromatic rings. The second-order valence-corrected chi connectivity index (χ2v) is 6.31. The lowest BCUT2D eigenvalue weighted by atomic mass is 10.1. The van der Waals surface area contributed by atoms with Gasteiger partial charge in [0.15, 0.2) is 0 Å². The Hall–Kier alpha value is -1.69. The van der Waals surface area contributed by atoms with Crippen molar-refractivity contribution in [3.8, 4) is 0 Å². The number of benzene rings is 1. The van der Waals surface area contributed by atoms with Gasteiger partial charge in [-0.2, -0.15) is 0 Å². The normalized spacial score (nSPS) is 15.4. The Morgan fingerprint density at radius 2 is 1.95 bits per heavy atom. The van der Waals surface area contributed by atoms with Gasteiger partial charge in [-0.15, -0.1) is 0 Å². The monoisotopic (exact) mass is 352 g/mol. The van der Waals surface area contributed by atoms with Crippen LogP contribution >= 0.6 is 15.9 Å². The molecule has 0 aliphatic carbocycles. The van der Waals surface area contributed by atoms with Gasteiger partial charge in [0.25, 0.3) is 11.7 Å². The summed E-state index contributed by atoms with van der Waals surface area (Å²) in [6, 6.07) is 5.11. The molecule has 21 heavy (non-hydrogen) atoms. The van der Waals surface area contributed by atoms with Crippen LogP contribution < -0.4 is 10.2 Å². The van der Waals surface area contributed by atoms with E-state index in [1.807, 2.05) is 20.8 Å². The molecule has 1 heterocycles. The van der Waals surface area contributed by atoms with Gasteiger partial charge in [0.05, 0.1) is 11.3 Å². The van der Waals surface area contributed by atoms with E-state index in [4.69, 9.17) is 0 Å². The molecule has 1 aliphatic rings. The number of nitrogens with one attached hydrogen (secondary N) is 1. The van der Waals surface area contributed by atoms with Crippen LogP contribution in [0.3, 0.4) is 0 Å². The summed E-state index contributed by atoms with van der Waals surface area (Å²) in [5, 5.41) is 2.83. The number of amides is 2. The number of anilines is 1. The largest absolute Gasteiger partial charge is 0.352 e. The molecular weight excluding hydrogens is 336 g/mol. The first kappa shape index (κ1) is 15.7. The molecule has 1 aromatic carbocycles. The summed E-state index contributed by atoms with van der Waals surface area (Å²) < 4.78 is 0.566. The highest BCUT2D eigenvalue weighted by Gasteiger charge is 2.38. The summed E-state index contributed by atoms with van der Waals surface area (Å²) in [5.74, 6) is -1.22. The number of fused-ring (bicyclic) bond motifs is 1. The van der Waals surface area contributed by atoms with Gasteiger partial charge in [0, 0.05) is 10.5 Å². The Kier molecular flexibility index (Phi) is 4.46. The number of halogens is 1. The van der Waals surface area contributed by atoms with Crippen LogP contribution in [0.5, 0.6) is 0 Å². The molecule has 6 heteroatoms. The number of hydrogen-bond donors (Lipinski definition) is 1. The smallest absolute Gasteiger partial charge is 0.299 e. The maximum atomic E-state index is 12.0. The lowest BCUT2D eigenvalue weighted by Gasteiger charge is -2.21. The van der Waals surface area contributed by atoms with Gasteiger partial charge < -0.3 is 5.32 Å². The van der Waals surface area contributed by atoms with Crippen LogP contribution in [0.2, 0.25) is 0 Å². The highest BCUT2D eigenvalue weighted by atomic mass is 79.9. The summed E-state index contributed by atoms with van der Waals surface area (Å²) in [6.45, 7) is 5.76. The maximum Gasteiger partial charge on any atom is 0.299 e. The zero-order valence-electron chi connectivity index (χ0n) is 12.1. The van der Waals surface area contributed by atoms with E-state index in [9.17, 15) is 14.4 Å². The molecule has 1 N–H and O–H groups in total. The first-order valence-electron chi connectivity index (χ1n) is 6.77. The molecule has 0 radical (unpaired) electrons. The van der Waals surface area contributed by atoms with E-state index in [1.165, 1.54) is 4.90 Å². The third kappa shape index (κ3) is 3.00. The molecule has 2 amide bonds. The third-order valence-corrected chi connectivity index (χ3v) is 4.30. The molecule has 0 saturated heterocycles. The maximum absolute atomic E-state index is 12.0. The molecule has 1 unspecified atom stereocenters. The molecule has 0 saturated carbocycles. The van der Waals surface area contributed by atoms with Crippen LogP contribution in [0.15, 0.2) is 22.7 Å². The zero-order valence-corrected chi connectivity index (χ0v) is 13.7. The van der Waals surface area contributed by atoms with E-state index in [1.54, 1.807) is 18.2 Å². The minimum absolute atomic E-state index is 0.00730. The van der Waals surface area contributed by atoms with Gasteiger partial charge >= 0.3 is 0 Å². The molecular formula is C15H17BrN2O3. The average molecular weight is 353 g/mol. The number of carbonyl (C=O) groups is 3. The molecule has 0 spiro atoms. The molecule has 0 bridgehead atoms. The van der Waals surface area contributed by atoms with Gasteiger partial charge in [-0.3, -0.25) is 19.3 Å². The topological polar surface area (TPSA) is 66.5 Å². The van der Waals surface area contributed by atoms with E-state index in [-0.39, 0.29) is 18.5 Å². The number of nitrogens with zero attached hydrogens (tertiary/aromatic N) is 1. The van der Waals surface area contributed by atoms with Crippen LogP contribution in [0.4, 0.5) is 5.69 Å². The van der Waals surface area contributed by atoms with E-state index in [0.29, 0.717) is 21.6 Å². The first-order chi connectivity index (χ1) is 9.82. The Labute approximate surface area is 131 Å². The van der Waals surface area contributed by atoms with Crippen molar-refractivity contribution in [1.29, 1.82) is 0 Å². The van der Waals surface area contributed by atoms with E-state index in [2.05, 4.69) is 21.2 Å². The highest BCUT2D eigenvalue weighted by Crippen LogP contribution is 2.33. The van der Waals surface area contributed by atoms with Crippen LogP contribution in [-0.4, -0.2) is 30.2 Å². The van der Waals surface area contributed by atoms with E-state index >= 15 is 0 Å². The summed E-state index contributed by atoms with van der Waals surface area (Å²) in [5.41, 5.74) is 0.805. The van der Waals surface area contributed by atoms with Crippen molar-refractivity contribution in [2.24, 2.45) is 5.92 Å². The van der Waals surface area contributed by atoms with Gasteiger partial charge in [-0.05, 0) is 40.9 Å². The van der Waals surface area contributed by atoms with Crippen LogP contribution in [0.25, 0.3) is 0 Å². The second kappa shape index (κ2) is 5.97. The number of ketones is 1. The van der Waals surface area contributed by atoms with Gasteiger partial charge in [-0.25, -0.2) is 0 Å². The Morgan fingerprint density at radius 3 is 2.57 bits per heavy atom. The predicted octanol–water partition coefficient (Wildman–Crippen LogP) is 2.14.